The molecule has 10 heavy (non-hydrogen) atoms. The molecule has 0 aromatic carbocycles. The Balaban J connectivity index is 2.26. The lowest BCUT2D eigenvalue weighted by molar-refractivity contribution is -0.328. The van der Waals surface area contributed by atoms with Crippen LogP contribution in [0, 0.1) is 0 Å². The molecule has 1 radical (unpaired) electrons. The molecule has 1 aliphatic rings. The van der Waals surface area contributed by atoms with Gasteiger partial charge in [0.1, 0.15) is 11.0 Å². The first-order valence-electron chi connectivity index (χ1n) is 2.39. The average molecular weight is 170 g/mol. The number of hydrogen-bond acceptors (Lipinski definition) is 3. The highest BCUT2D eigenvalue weighted by Gasteiger charge is 2.34. The maximum Gasteiger partial charge on any atom is 0.523 e. The van der Waals surface area contributed by atoms with Crippen molar-refractivity contribution in [3.05, 3.63) is 0 Å². The highest BCUT2D eigenvalue weighted by molar-refractivity contribution is 8.12. The van der Waals surface area contributed by atoms with Gasteiger partial charge in [-0.2, -0.15) is 0 Å². The van der Waals surface area contributed by atoms with E-state index >= 15 is 0 Å². The number of thioether (sulfide) groups is 1. The molecule has 0 amide bonds. The second-order valence-corrected chi connectivity index (χ2v) is 2.49. The van der Waals surface area contributed by atoms with Crippen LogP contribution in [-0.4, -0.2) is 23.9 Å². The van der Waals surface area contributed by atoms with Crippen LogP contribution in [0.1, 0.15) is 0 Å². The third-order valence-electron chi connectivity index (χ3n) is 0.754. The molecule has 1 rings (SSSR count). The molecule has 1 unspecified atom stereocenters. The number of halogens is 3. The third-order valence-corrected chi connectivity index (χ3v) is 1.50. The Morgan fingerprint density at radius 2 is 2.30 bits per heavy atom. The van der Waals surface area contributed by atoms with Crippen molar-refractivity contribution in [2.75, 3.05) is 6.54 Å². The quantitative estimate of drug-likeness (QED) is 0.594. The SMILES string of the molecule is FC(F)(F)OC1CN=[C]S1. The Bertz CT molecular complexity index is 138. The van der Waals surface area contributed by atoms with Gasteiger partial charge in [-0.3, -0.25) is 9.73 Å². The molecule has 1 heterocycles. The normalized spacial score (nSPS) is 25.7. The van der Waals surface area contributed by atoms with Crippen molar-refractivity contribution in [2.45, 2.75) is 11.8 Å². The van der Waals surface area contributed by atoms with Crippen molar-refractivity contribution in [2.24, 2.45) is 4.99 Å². The average Bonchev–Trinajstić information content (AvgIpc) is 2.12. The summed E-state index contributed by atoms with van der Waals surface area (Å²) in [5.41, 5.74) is 1.38. The van der Waals surface area contributed by atoms with Gasteiger partial charge in [-0.15, -0.1) is 13.2 Å². The van der Waals surface area contributed by atoms with Gasteiger partial charge in [-0.1, -0.05) is 11.8 Å². The van der Waals surface area contributed by atoms with E-state index in [-0.39, 0.29) is 6.54 Å². The van der Waals surface area contributed by atoms with Crippen LogP contribution in [-0.2, 0) is 4.74 Å². The van der Waals surface area contributed by atoms with Crippen molar-refractivity contribution in [3.8, 4) is 0 Å². The summed E-state index contributed by atoms with van der Waals surface area (Å²) in [4.78, 5) is 3.44. The molecule has 1 aliphatic heterocycles. The van der Waals surface area contributed by atoms with E-state index in [2.05, 4.69) is 15.3 Å². The molecule has 57 valence electrons. The molecule has 0 saturated heterocycles. The molecule has 1 atom stereocenters. The number of aliphatic imine (C=N–C) groups is 1. The summed E-state index contributed by atoms with van der Waals surface area (Å²) in [6.07, 6.45) is -4.56. The maximum absolute atomic E-state index is 11.4. The minimum Gasteiger partial charge on any atom is -0.275 e. The van der Waals surface area contributed by atoms with Gasteiger partial charge in [0.15, 0.2) is 0 Å². The topological polar surface area (TPSA) is 21.6 Å². The molecule has 0 fully saturated rings. The zero-order valence-corrected chi connectivity index (χ0v) is 5.50. The van der Waals surface area contributed by atoms with Crippen LogP contribution in [0.15, 0.2) is 4.99 Å². The van der Waals surface area contributed by atoms with Crippen LogP contribution < -0.4 is 0 Å². The molecule has 0 N–H and O–H groups in total. The van der Waals surface area contributed by atoms with E-state index in [1.807, 2.05) is 0 Å². The van der Waals surface area contributed by atoms with E-state index in [4.69, 9.17) is 0 Å². The van der Waals surface area contributed by atoms with Crippen molar-refractivity contribution < 1.29 is 17.9 Å². The Labute approximate surface area is 59.5 Å². The molecular formula is C4H3F3NOS. The monoisotopic (exact) mass is 170 g/mol. The smallest absolute Gasteiger partial charge is 0.275 e. The standard InChI is InChI=1S/C4H3F3NOS/c5-4(6,7)9-3-1-8-2-10-3/h3H,1H2. The summed E-state index contributed by atoms with van der Waals surface area (Å²) < 4.78 is 37.8. The molecule has 0 saturated carbocycles. The van der Waals surface area contributed by atoms with Crippen molar-refractivity contribution in [3.63, 3.8) is 0 Å². The lowest BCUT2D eigenvalue weighted by Gasteiger charge is -2.10. The second kappa shape index (κ2) is 2.79. The fraction of sp³-hybridized carbons (Fsp3) is 0.750. The van der Waals surface area contributed by atoms with Gasteiger partial charge in [0.2, 0.25) is 0 Å². The molecule has 0 bridgehead atoms. The fourth-order valence-corrected chi connectivity index (χ4v) is 1.03. The first-order chi connectivity index (χ1) is 4.58. The summed E-state index contributed by atoms with van der Waals surface area (Å²) >= 11 is 0.810. The van der Waals surface area contributed by atoms with Gasteiger partial charge >= 0.3 is 6.36 Å². The van der Waals surface area contributed by atoms with Crippen LogP contribution in [0.25, 0.3) is 0 Å². The Morgan fingerprint density at radius 3 is 2.70 bits per heavy atom. The van der Waals surface area contributed by atoms with Crippen LogP contribution in [0.2, 0.25) is 0 Å². The second-order valence-electron chi connectivity index (χ2n) is 1.54. The minimum absolute atomic E-state index is 0.0319. The van der Waals surface area contributed by atoms with Crippen molar-refractivity contribution >= 4 is 17.3 Å². The highest BCUT2D eigenvalue weighted by Crippen LogP contribution is 2.25. The maximum atomic E-state index is 11.4. The predicted molar refractivity (Wildman–Crippen MR) is 30.8 cm³/mol. The summed E-state index contributed by atoms with van der Waals surface area (Å²) in [7, 11) is 0. The molecule has 6 heteroatoms. The largest absolute Gasteiger partial charge is 0.523 e. The van der Waals surface area contributed by atoms with Gasteiger partial charge in [0.05, 0.1) is 6.54 Å². The third kappa shape index (κ3) is 2.57. The van der Waals surface area contributed by atoms with Crippen LogP contribution >= 0.6 is 11.8 Å². The first-order valence-corrected chi connectivity index (χ1v) is 3.27. The van der Waals surface area contributed by atoms with Crippen molar-refractivity contribution in [1.29, 1.82) is 0 Å². The Kier molecular flexibility index (Phi) is 2.20. The van der Waals surface area contributed by atoms with E-state index in [0.717, 1.165) is 11.8 Å². The van der Waals surface area contributed by atoms with Crippen molar-refractivity contribution in [1.82, 2.24) is 0 Å². The predicted octanol–water partition coefficient (Wildman–Crippen LogP) is 1.50. The molecule has 0 aliphatic carbocycles. The highest BCUT2D eigenvalue weighted by atomic mass is 32.2. The molecule has 2 nitrogen and oxygen atoms in total. The van der Waals surface area contributed by atoms with Gasteiger partial charge in [0.25, 0.3) is 0 Å². The summed E-state index contributed by atoms with van der Waals surface area (Å²) in [5.74, 6) is 0. The van der Waals surface area contributed by atoms with Crippen LogP contribution in [0.4, 0.5) is 13.2 Å². The number of alkyl halides is 3. The summed E-state index contributed by atoms with van der Waals surface area (Å²) in [5, 5.41) is 0. The summed E-state index contributed by atoms with van der Waals surface area (Å²) in [6, 6.07) is 0. The Morgan fingerprint density at radius 1 is 1.60 bits per heavy atom. The number of nitrogens with zero attached hydrogens (tertiary/aromatic N) is 1. The first kappa shape index (κ1) is 7.87. The molecule has 0 spiro atoms. The van der Waals surface area contributed by atoms with E-state index in [9.17, 15) is 13.2 Å². The number of hydrogen-bond donors (Lipinski definition) is 0. The zero-order valence-electron chi connectivity index (χ0n) is 4.68. The lowest BCUT2D eigenvalue weighted by Crippen LogP contribution is -2.21. The lowest BCUT2D eigenvalue weighted by atomic mass is 10.7. The fourth-order valence-electron chi connectivity index (χ4n) is 0.455. The summed E-state index contributed by atoms with van der Waals surface area (Å²) in [6.45, 7) is 0.0319. The van der Waals surface area contributed by atoms with Crippen LogP contribution in [0.3, 0.4) is 0 Å². The Hall–Kier alpha value is -0.230. The van der Waals surface area contributed by atoms with E-state index in [0.29, 0.717) is 0 Å². The van der Waals surface area contributed by atoms with Gasteiger partial charge in [-0.25, -0.2) is 0 Å². The van der Waals surface area contributed by atoms with E-state index < -0.39 is 11.8 Å². The molecule has 0 aromatic rings. The van der Waals surface area contributed by atoms with E-state index in [1.165, 1.54) is 0 Å². The van der Waals surface area contributed by atoms with E-state index in [1.54, 1.807) is 0 Å². The van der Waals surface area contributed by atoms with Crippen LogP contribution in [0.5, 0.6) is 0 Å². The molecular weight excluding hydrogens is 167 g/mol. The van der Waals surface area contributed by atoms with Gasteiger partial charge in [0, 0.05) is 0 Å². The van der Waals surface area contributed by atoms with Gasteiger partial charge < -0.3 is 0 Å². The molecule has 0 aromatic heterocycles. The van der Waals surface area contributed by atoms with Gasteiger partial charge in [-0.05, 0) is 0 Å². The number of rotatable bonds is 1. The number of ether oxygens (including phenoxy) is 1. The zero-order chi connectivity index (χ0) is 7.61. The minimum atomic E-state index is -4.56.